The summed E-state index contributed by atoms with van der Waals surface area (Å²) in [7, 11) is 0. The SMILES string of the molecule is [2H]c1c([2H])c([2H])c(-c2cccc(-c3cccc(-n4c5ccccc5c5cc(-n6c7ccccc7c7c([2H])c([2H])c([2H])c([2H])c76)ccc54)c3)c2)c([2H])c1[2H]. The van der Waals surface area contributed by atoms with Crippen LogP contribution in [0.15, 0.2) is 170 Å². The summed E-state index contributed by atoms with van der Waals surface area (Å²) in [4.78, 5) is 0. The third-order valence-electron chi connectivity index (χ3n) is 8.31. The van der Waals surface area contributed by atoms with Gasteiger partial charge in [0.15, 0.2) is 0 Å². The molecule has 0 saturated heterocycles. The third kappa shape index (κ3) is 3.82. The number of rotatable bonds is 4. The lowest BCUT2D eigenvalue weighted by Crippen LogP contribution is -1.96. The van der Waals surface area contributed by atoms with E-state index >= 15 is 0 Å². The van der Waals surface area contributed by atoms with E-state index in [0.717, 1.165) is 55.2 Å². The molecule has 2 heteroatoms. The molecular weight excluding hydrogens is 532 g/mol. The first-order valence-corrected chi connectivity index (χ1v) is 14.4. The van der Waals surface area contributed by atoms with Gasteiger partial charge < -0.3 is 9.13 Å². The summed E-state index contributed by atoms with van der Waals surface area (Å²) in [6, 6.07) is 35.0. The number of para-hydroxylation sites is 3. The maximum Gasteiger partial charge on any atom is 0.0645 e. The lowest BCUT2D eigenvalue weighted by atomic mass is 9.99. The lowest BCUT2D eigenvalue weighted by molar-refractivity contribution is 1.17. The molecule has 206 valence electrons. The summed E-state index contributed by atoms with van der Waals surface area (Å²) in [5.74, 6) is 0. The van der Waals surface area contributed by atoms with E-state index in [1.807, 2.05) is 89.5 Å². The Morgan fingerprint density at radius 1 is 0.341 bits per heavy atom. The number of benzene rings is 7. The number of fused-ring (bicyclic) bond motifs is 6. The van der Waals surface area contributed by atoms with Crippen LogP contribution < -0.4 is 0 Å². The molecule has 0 saturated carbocycles. The van der Waals surface area contributed by atoms with Crippen LogP contribution in [0.25, 0.3) is 77.2 Å². The number of aromatic nitrogens is 2. The Morgan fingerprint density at radius 2 is 0.909 bits per heavy atom. The highest BCUT2D eigenvalue weighted by molar-refractivity contribution is 6.12. The minimum absolute atomic E-state index is 0.0626. The van der Waals surface area contributed by atoms with Gasteiger partial charge in [0.25, 0.3) is 0 Å². The molecule has 0 unspecified atom stereocenters. The van der Waals surface area contributed by atoms with Gasteiger partial charge in [-0.25, -0.2) is 0 Å². The first-order chi connectivity index (χ1) is 25.6. The Labute approximate surface area is 268 Å². The second-order valence-corrected chi connectivity index (χ2v) is 10.8. The van der Waals surface area contributed by atoms with Gasteiger partial charge in [-0.3, -0.25) is 0 Å². The molecule has 9 rings (SSSR count). The zero-order chi connectivity index (χ0) is 36.9. The number of nitrogens with zero attached hydrogens (tertiary/aromatic N) is 2. The summed E-state index contributed by atoms with van der Waals surface area (Å²) >= 11 is 0. The summed E-state index contributed by atoms with van der Waals surface area (Å²) < 4.78 is 79.9. The molecule has 2 heterocycles. The highest BCUT2D eigenvalue weighted by atomic mass is 15.0. The van der Waals surface area contributed by atoms with Crippen molar-refractivity contribution in [2.24, 2.45) is 0 Å². The van der Waals surface area contributed by atoms with E-state index in [0.29, 0.717) is 16.5 Å². The van der Waals surface area contributed by atoms with E-state index in [9.17, 15) is 0 Å². The van der Waals surface area contributed by atoms with Gasteiger partial charge in [0.05, 0.1) is 34.4 Å². The predicted molar refractivity (Wildman–Crippen MR) is 186 cm³/mol. The minimum atomic E-state index is -0.422. The molecule has 0 atom stereocenters. The summed E-state index contributed by atoms with van der Waals surface area (Å²) in [5.41, 5.74) is 7.23. The van der Waals surface area contributed by atoms with Crippen LogP contribution in [0.2, 0.25) is 0 Å². The molecular formula is C42H28N2. The van der Waals surface area contributed by atoms with Gasteiger partial charge in [-0.15, -0.1) is 0 Å². The second kappa shape index (κ2) is 9.86. The molecule has 0 aliphatic carbocycles. The maximum atomic E-state index is 8.90. The van der Waals surface area contributed by atoms with Crippen molar-refractivity contribution in [3.05, 3.63) is 170 Å². The van der Waals surface area contributed by atoms with Gasteiger partial charge in [-0.05, 0) is 76.8 Å². The van der Waals surface area contributed by atoms with E-state index in [4.69, 9.17) is 12.3 Å². The molecule has 0 fully saturated rings. The average Bonchev–Trinajstić information content (AvgIpc) is 3.71. The van der Waals surface area contributed by atoms with E-state index < -0.39 is 6.04 Å². The van der Waals surface area contributed by atoms with Crippen molar-refractivity contribution in [1.82, 2.24) is 9.13 Å². The van der Waals surface area contributed by atoms with Crippen molar-refractivity contribution in [2.75, 3.05) is 0 Å². The van der Waals surface area contributed by atoms with Crippen LogP contribution >= 0.6 is 0 Å². The average molecular weight is 570 g/mol. The standard InChI is InChI=1S/C42H28N2/c1-2-12-29(13-3-1)30-14-10-15-31(26-30)32-16-11-17-33(27-32)43-41-23-9-6-20-37(41)38-28-34(24-25-42(38)43)44-39-21-7-4-18-35(39)36-19-5-8-22-40(36)44/h1-28H/i1D,2D,3D,4D,7D,12D,13D,18D,21D. The van der Waals surface area contributed by atoms with E-state index in [2.05, 4.69) is 28.8 Å². The zero-order valence-corrected chi connectivity index (χ0v) is 23.4. The monoisotopic (exact) mass is 569 g/mol. The predicted octanol–water partition coefficient (Wildman–Crippen LogP) is 11.2. The van der Waals surface area contributed by atoms with Crippen LogP contribution in [0.4, 0.5) is 0 Å². The highest BCUT2D eigenvalue weighted by Gasteiger charge is 2.16. The Bertz CT molecular complexity index is 2990. The van der Waals surface area contributed by atoms with Crippen molar-refractivity contribution in [2.45, 2.75) is 0 Å². The summed E-state index contributed by atoms with van der Waals surface area (Å²) in [6.45, 7) is 0. The van der Waals surface area contributed by atoms with Crippen molar-refractivity contribution in [3.63, 3.8) is 0 Å². The van der Waals surface area contributed by atoms with Gasteiger partial charge in [0.1, 0.15) is 0 Å². The molecule has 2 aromatic heterocycles. The molecule has 9 aromatic rings. The van der Waals surface area contributed by atoms with Crippen LogP contribution in [-0.2, 0) is 0 Å². The van der Waals surface area contributed by atoms with Crippen LogP contribution in [0.5, 0.6) is 0 Å². The molecule has 0 aliphatic heterocycles. The molecule has 44 heavy (non-hydrogen) atoms. The first kappa shape index (κ1) is 17.3. The molecule has 7 aromatic carbocycles. The zero-order valence-electron chi connectivity index (χ0n) is 32.4. The van der Waals surface area contributed by atoms with Crippen LogP contribution in [0, 0.1) is 0 Å². The normalized spacial score (nSPS) is 14.5. The van der Waals surface area contributed by atoms with E-state index in [-0.39, 0.29) is 53.9 Å². The number of hydrogen-bond donors (Lipinski definition) is 0. The van der Waals surface area contributed by atoms with Gasteiger partial charge in [0.2, 0.25) is 0 Å². The topological polar surface area (TPSA) is 9.86 Å². The fourth-order valence-electron chi connectivity index (χ4n) is 6.39. The highest BCUT2D eigenvalue weighted by Crippen LogP contribution is 2.37. The summed E-state index contributed by atoms with van der Waals surface area (Å²) in [5, 5.41) is 3.23. The lowest BCUT2D eigenvalue weighted by Gasteiger charge is -2.12. The Kier molecular flexibility index (Phi) is 3.88. The van der Waals surface area contributed by atoms with Crippen molar-refractivity contribution in [1.29, 1.82) is 0 Å². The molecule has 2 nitrogen and oxygen atoms in total. The van der Waals surface area contributed by atoms with Crippen molar-refractivity contribution >= 4 is 43.6 Å². The van der Waals surface area contributed by atoms with Gasteiger partial charge in [-0.1, -0.05) is 115 Å². The third-order valence-corrected chi connectivity index (χ3v) is 8.31. The van der Waals surface area contributed by atoms with Gasteiger partial charge >= 0.3 is 0 Å². The minimum Gasteiger partial charge on any atom is -0.309 e. The van der Waals surface area contributed by atoms with Crippen molar-refractivity contribution in [3.8, 4) is 33.6 Å². The molecule has 0 amide bonds. The van der Waals surface area contributed by atoms with Gasteiger partial charge in [-0.2, -0.15) is 0 Å². The van der Waals surface area contributed by atoms with E-state index in [1.54, 1.807) is 6.07 Å². The Morgan fingerprint density at radius 3 is 1.70 bits per heavy atom. The molecule has 0 spiro atoms. The Balaban J connectivity index is 1.23. The molecule has 0 aliphatic rings. The molecule has 0 radical (unpaired) electrons. The first-order valence-electron chi connectivity index (χ1n) is 18.9. The quantitative estimate of drug-likeness (QED) is 0.199. The molecule has 0 bridgehead atoms. The fraction of sp³-hybridized carbons (Fsp3) is 0. The van der Waals surface area contributed by atoms with E-state index in [1.165, 1.54) is 0 Å². The number of hydrogen-bond acceptors (Lipinski definition) is 0. The molecule has 0 N–H and O–H groups in total. The van der Waals surface area contributed by atoms with Gasteiger partial charge in [0, 0.05) is 32.9 Å². The largest absolute Gasteiger partial charge is 0.309 e. The maximum absolute atomic E-state index is 8.90. The van der Waals surface area contributed by atoms with Crippen LogP contribution in [0.3, 0.4) is 0 Å². The van der Waals surface area contributed by atoms with Crippen molar-refractivity contribution < 1.29 is 12.3 Å². The second-order valence-electron chi connectivity index (χ2n) is 10.8. The fourth-order valence-corrected chi connectivity index (χ4v) is 6.39. The smallest absolute Gasteiger partial charge is 0.0645 e. The van der Waals surface area contributed by atoms with Crippen LogP contribution in [-0.4, -0.2) is 9.13 Å². The summed E-state index contributed by atoms with van der Waals surface area (Å²) in [6.07, 6.45) is 0. The van der Waals surface area contributed by atoms with Crippen LogP contribution in [0.1, 0.15) is 12.3 Å². The Hall–Kier alpha value is -5.86.